The number of amides is 1. The number of unbranched alkanes of at least 4 members (excludes halogenated alkanes) is 1. The molecule has 0 fully saturated rings. The van der Waals surface area contributed by atoms with Crippen molar-refractivity contribution in [2.45, 2.75) is 39.5 Å². The van der Waals surface area contributed by atoms with Crippen LogP contribution in [0.1, 0.15) is 49.9 Å². The Morgan fingerprint density at radius 2 is 2.00 bits per heavy atom. The van der Waals surface area contributed by atoms with Crippen LogP contribution >= 0.6 is 0 Å². The molecular formula is C17H27NO3. The third kappa shape index (κ3) is 5.29. The molecule has 0 aliphatic heterocycles. The summed E-state index contributed by atoms with van der Waals surface area (Å²) in [6.07, 6.45) is 4.64. The minimum absolute atomic E-state index is 0.0931. The summed E-state index contributed by atoms with van der Waals surface area (Å²) in [7, 11) is 3.15. The fourth-order valence-corrected chi connectivity index (χ4v) is 2.26. The first kappa shape index (κ1) is 17.3. The van der Waals surface area contributed by atoms with E-state index in [1.165, 1.54) is 12.8 Å². The van der Waals surface area contributed by atoms with E-state index in [1.54, 1.807) is 32.4 Å². The number of ether oxygens (including phenoxy) is 2. The van der Waals surface area contributed by atoms with Gasteiger partial charge in [0.15, 0.2) is 0 Å². The van der Waals surface area contributed by atoms with Crippen molar-refractivity contribution in [1.29, 1.82) is 0 Å². The molecule has 1 N–H and O–H groups in total. The highest BCUT2D eigenvalue weighted by molar-refractivity contribution is 5.97. The van der Waals surface area contributed by atoms with Gasteiger partial charge in [0.1, 0.15) is 11.5 Å². The third-order valence-corrected chi connectivity index (χ3v) is 3.75. The lowest BCUT2D eigenvalue weighted by Gasteiger charge is -2.16. The summed E-state index contributed by atoms with van der Waals surface area (Å²) in [5.41, 5.74) is 0.545. The van der Waals surface area contributed by atoms with Gasteiger partial charge < -0.3 is 14.8 Å². The number of hydrogen-bond acceptors (Lipinski definition) is 3. The molecule has 0 aliphatic carbocycles. The van der Waals surface area contributed by atoms with E-state index in [-0.39, 0.29) is 5.91 Å². The molecule has 0 saturated heterocycles. The molecule has 0 radical (unpaired) electrons. The largest absolute Gasteiger partial charge is 0.497 e. The molecule has 0 unspecified atom stereocenters. The Morgan fingerprint density at radius 3 is 2.57 bits per heavy atom. The van der Waals surface area contributed by atoms with Crippen LogP contribution in [0, 0.1) is 5.92 Å². The first-order valence-corrected chi connectivity index (χ1v) is 7.66. The Hall–Kier alpha value is -1.71. The predicted octanol–water partition coefficient (Wildman–Crippen LogP) is 3.65. The minimum atomic E-state index is -0.0931. The van der Waals surface area contributed by atoms with Gasteiger partial charge in [0.25, 0.3) is 5.91 Å². The van der Waals surface area contributed by atoms with Crippen LogP contribution < -0.4 is 14.8 Å². The van der Waals surface area contributed by atoms with Gasteiger partial charge in [0, 0.05) is 12.6 Å². The van der Waals surface area contributed by atoms with E-state index < -0.39 is 0 Å². The number of methoxy groups -OCH3 is 2. The van der Waals surface area contributed by atoms with Crippen LogP contribution in [0.3, 0.4) is 0 Å². The normalized spacial score (nSPS) is 11.8. The molecule has 1 atom stereocenters. The van der Waals surface area contributed by atoms with E-state index in [4.69, 9.17) is 9.47 Å². The molecule has 4 heteroatoms. The van der Waals surface area contributed by atoms with Crippen molar-refractivity contribution in [3.05, 3.63) is 23.8 Å². The molecule has 0 heterocycles. The first-order chi connectivity index (χ1) is 10.2. The highest BCUT2D eigenvalue weighted by atomic mass is 16.5. The smallest absolute Gasteiger partial charge is 0.255 e. The van der Waals surface area contributed by atoms with Crippen LogP contribution in [0.2, 0.25) is 0 Å². The number of rotatable bonds is 9. The summed E-state index contributed by atoms with van der Waals surface area (Å²) in [6.45, 7) is 5.07. The molecule has 0 aliphatic rings. The second kappa shape index (κ2) is 9.27. The van der Waals surface area contributed by atoms with Crippen molar-refractivity contribution in [3.63, 3.8) is 0 Å². The molecule has 1 aromatic rings. The van der Waals surface area contributed by atoms with E-state index >= 15 is 0 Å². The van der Waals surface area contributed by atoms with E-state index in [2.05, 4.69) is 19.2 Å². The summed E-state index contributed by atoms with van der Waals surface area (Å²) < 4.78 is 10.4. The van der Waals surface area contributed by atoms with Crippen molar-refractivity contribution in [2.24, 2.45) is 5.92 Å². The van der Waals surface area contributed by atoms with Crippen LogP contribution in [-0.4, -0.2) is 26.7 Å². The van der Waals surface area contributed by atoms with Crippen molar-refractivity contribution in [3.8, 4) is 11.5 Å². The summed E-state index contributed by atoms with van der Waals surface area (Å²) in [6, 6.07) is 5.23. The molecule has 1 rings (SSSR count). The highest BCUT2D eigenvalue weighted by Gasteiger charge is 2.14. The summed E-state index contributed by atoms with van der Waals surface area (Å²) >= 11 is 0. The highest BCUT2D eigenvalue weighted by Crippen LogP contribution is 2.24. The molecule has 21 heavy (non-hydrogen) atoms. The van der Waals surface area contributed by atoms with Gasteiger partial charge in [-0.2, -0.15) is 0 Å². The lowest BCUT2D eigenvalue weighted by Crippen LogP contribution is -2.29. The molecule has 1 aromatic carbocycles. The monoisotopic (exact) mass is 293 g/mol. The average Bonchev–Trinajstić information content (AvgIpc) is 2.54. The number of benzene rings is 1. The predicted molar refractivity (Wildman–Crippen MR) is 85.2 cm³/mol. The fourth-order valence-electron chi connectivity index (χ4n) is 2.26. The van der Waals surface area contributed by atoms with E-state index in [1.807, 2.05) is 0 Å². The zero-order valence-corrected chi connectivity index (χ0v) is 13.6. The lowest BCUT2D eigenvalue weighted by molar-refractivity contribution is 0.0942. The maximum atomic E-state index is 12.3. The topological polar surface area (TPSA) is 47.6 Å². The van der Waals surface area contributed by atoms with Crippen LogP contribution in [0.4, 0.5) is 0 Å². The second-order valence-corrected chi connectivity index (χ2v) is 5.19. The molecule has 1 amide bonds. The van der Waals surface area contributed by atoms with Crippen LogP contribution in [-0.2, 0) is 0 Å². The summed E-state index contributed by atoms with van der Waals surface area (Å²) in [5, 5.41) is 3.01. The van der Waals surface area contributed by atoms with Gasteiger partial charge in [-0.3, -0.25) is 4.79 Å². The van der Waals surface area contributed by atoms with E-state index in [9.17, 15) is 4.79 Å². The zero-order chi connectivity index (χ0) is 15.7. The zero-order valence-electron chi connectivity index (χ0n) is 13.6. The number of hydrogen-bond donors (Lipinski definition) is 1. The van der Waals surface area contributed by atoms with Gasteiger partial charge in [0.05, 0.1) is 19.8 Å². The number of carbonyl (C=O) groups is 1. The van der Waals surface area contributed by atoms with Gasteiger partial charge in [-0.15, -0.1) is 0 Å². The Kier molecular flexibility index (Phi) is 7.65. The molecule has 118 valence electrons. The molecular weight excluding hydrogens is 266 g/mol. The van der Waals surface area contributed by atoms with E-state index in [0.29, 0.717) is 29.5 Å². The molecule has 0 bridgehead atoms. The van der Waals surface area contributed by atoms with Crippen LogP contribution in [0.15, 0.2) is 18.2 Å². The Morgan fingerprint density at radius 1 is 1.24 bits per heavy atom. The van der Waals surface area contributed by atoms with Crippen molar-refractivity contribution >= 4 is 5.91 Å². The number of nitrogens with one attached hydrogen (secondary N) is 1. The van der Waals surface area contributed by atoms with Crippen LogP contribution in [0.25, 0.3) is 0 Å². The Bertz CT molecular complexity index is 446. The van der Waals surface area contributed by atoms with Crippen molar-refractivity contribution < 1.29 is 14.3 Å². The van der Waals surface area contributed by atoms with Crippen molar-refractivity contribution in [2.75, 3.05) is 20.8 Å². The Labute approximate surface area is 127 Å². The van der Waals surface area contributed by atoms with Gasteiger partial charge in [-0.1, -0.05) is 33.1 Å². The maximum absolute atomic E-state index is 12.3. The standard InChI is InChI=1S/C17H27NO3/c1-5-7-8-13(6-2)12-18-17(19)15-10-9-14(20-3)11-16(15)21-4/h9-11,13H,5-8,12H2,1-4H3,(H,18,19)/t13-/m1/s1. The quantitative estimate of drug-likeness (QED) is 0.756. The number of carbonyl (C=O) groups excluding carboxylic acids is 1. The molecule has 4 nitrogen and oxygen atoms in total. The van der Waals surface area contributed by atoms with Crippen LogP contribution in [0.5, 0.6) is 11.5 Å². The molecule has 0 aromatic heterocycles. The molecule has 0 spiro atoms. The van der Waals surface area contributed by atoms with Gasteiger partial charge >= 0.3 is 0 Å². The third-order valence-electron chi connectivity index (χ3n) is 3.75. The van der Waals surface area contributed by atoms with E-state index in [0.717, 1.165) is 12.8 Å². The minimum Gasteiger partial charge on any atom is -0.497 e. The first-order valence-electron chi connectivity index (χ1n) is 7.66. The Balaban J connectivity index is 2.66. The lowest BCUT2D eigenvalue weighted by atomic mass is 9.99. The average molecular weight is 293 g/mol. The van der Waals surface area contributed by atoms with Gasteiger partial charge in [-0.25, -0.2) is 0 Å². The fraction of sp³-hybridized carbons (Fsp3) is 0.588. The maximum Gasteiger partial charge on any atom is 0.255 e. The van der Waals surface area contributed by atoms with Gasteiger partial charge in [-0.05, 0) is 24.5 Å². The second-order valence-electron chi connectivity index (χ2n) is 5.19. The summed E-state index contributed by atoms with van der Waals surface area (Å²) in [5.74, 6) is 1.66. The SMILES string of the molecule is CCCC[C@@H](CC)CNC(=O)c1ccc(OC)cc1OC. The molecule has 0 saturated carbocycles. The van der Waals surface area contributed by atoms with Gasteiger partial charge in [0.2, 0.25) is 0 Å². The summed E-state index contributed by atoms with van der Waals surface area (Å²) in [4.78, 5) is 12.3. The van der Waals surface area contributed by atoms with Crippen molar-refractivity contribution in [1.82, 2.24) is 5.32 Å².